The Hall–Kier alpha value is -4.11. The van der Waals surface area contributed by atoms with Crippen molar-refractivity contribution < 1.29 is 19.1 Å². The minimum absolute atomic E-state index is 0.256. The lowest BCUT2D eigenvalue weighted by atomic mass is 9.97. The van der Waals surface area contributed by atoms with E-state index in [0.717, 1.165) is 11.1 Å². The Labute approximate surface area is 180 Å². The molecule has 154 valence electrons. The fraction of sp³-hybridized carbons (Fsp3) is 0.160. The number of nitrogens with zero attached hydrogens (tertiary/aromatic N) is 2. The van der Waals surface area contributed by atoms with Gasteiger partial charge in [-0.05, 0) is 47.9 Å². The Bertz CT molecular complexity index is 1180. The number of carbonyl (C=O) groups is 2. The van der Waals surface area contributed by atoms with Crippen LogP contribution in [0.4, 0.5) is 0 Å². The molecule has 0 fully saturated rings. The first-order valence-corrected chi connectivity index (χ1v) is 9.84. The molecule has 4 rings (SSSR count). The zero-order chi connectivity index (χ0) is 21.8. The van der Waals surface area contributed by atoms with E-state index in [2.05, 4.69) is 0 Å². The molecule has 0 N–H and O–H groups in total. The fourth-order valence-corrected chi connectivity index (χ4v) is 3.57. The predicted molar refractivity (Wildman–Crippen MR) is 114 cm³/mol. The molecule has 1 heterocycles. The Morgan fingerprint density at radius 3 is 2.61 bits per heavy atom. The van der Waals surface area contributed by atoms with E-state index in [9.17, 15) is 9.59 Å². The van der Waals surface area contributed by atoms with Crippen molar-refractivity contribution in [1.29, 1.82) is 5.26 Å². The number of hydrogen-bond acceptors (Lipinski definition) is 5. The van der Waals surface area contributed by atoms with Gasteiger partial charge in [0, 0.05) is 17.7 Å². The minimum atomic E-state index is -0.420. The fourth-order valence-electron chi connectivity index (χ4n) is 3.57. The molecule has 0 spiro atoms. The van der Waals surface area contributed by atoms with Crippen molar-refractivity contribution in [2.75, 3.05) is 13.7 Å². The van der Waals surface area contributed by atoms with E-state index in [4.69, 9.17) is 14.7 Å². The van der Waals surface area contributed by atoms with Gasteiger partial charge in [0.1, 0.15) is 6.61 Å². The second kappa shape index (κ2) is 8.72. The molecule has 1 aliphatic rings. The van der Waals surface area contributed by atoms with E-state index >= 15 is 0 Å². The Morgan fingerprint density at radius 2 is 1.87 bits per heavy atom. The molecule has 0 saturated heterocycles. The van der Waals surface area contributed by atoms with Gasteiger partial charge >= 0.3 is 0 Å². The van der Waals surface area contributed by atoms with Crippen LogP contribution in [0, 0.1) is 11.3 Å². The van der Waals surface area contributed by atoms with Gasteiger partial charge < -0.3 is 9.47 Å². The average molecular weight is 412 g/mol. The van der Waals surface area contributed by atoms with Crippen molar-refractivity contribution in [2.24, 2.45) is 0 Å². The summed E-state index contributed by atoms with van der Waals surface area (Å²) in [7, 11) is 1.51. The molecule has 0 unspecified atom stereocenters. The highest BCUT2D eigenvalue weighted by Crippen LogP contribution is 2.34. The molecular weight excluding hydrogens is 392 g/mol. The summed E-state index contributed by atoms with van der Waals surface area (Å²) in [5.74, 6) is 0.181. The number of carbonyl (C=O) groups excluding carboxylic acids is 2. The number of amides is 2. The van der Waals surface area contributed by atoms with Crippen LogP contribution in [0.15, 0.2) is 66.7 Å². The van der Waals surface area contributed by atoms with Crippen molar-refractivity contribution in [2.45, 2.75) is 13.0 Å². The lowest BCUT2D eigenvalue weighted by molar-refractivity contribution is 0.0604. The third kappa shape index (κ3) is 4.12. The number of benzene rings is 3. The first-order valence-electron chi connectivity index (χ1n) is 9.84. The van der Waals surface area contributed by atoms with Crippen molar-refractivity contribution in [3.8, 4) is 17.6 Å². The molecule has 1 aliphatic heterocycles. The molecule has 6 nitrogen and oxygen atoms in total. The van der Waals surface area contributed by atoms with Gasteiger partial charge in [-0.2, -0.15) is 5.26 Å². The van der Waals surface area contributed by atoms with Crippen molar-refractivity contribution in [3.63, 3.8) is 0 Å². The number of imide groups is 1. The number of methoxy groups -OCH3 is 1. The smallest absolute Gasteiger partial charge is 0.261 e. The standard InChI is InChI=1S/C25H20N2O4/c1-30-22-14-21-19(13-23(22)31-16-17-6-3-2-4-7-17)10-11-27(25(21)29)24(28)20-9-5-8-18(12-20)15-26/h2-9,12-14H,10-11,16H2,1H3. The largest absolute Gasteiger partial charge is 0.493 e. The first-order chi connectivity index (χ1) is 15.1. The molecule has 0 saturated carbocycles. The van der Waals surface area contributed by atoms with Crippen LogP contribution in [0.5, 0.6) is 11.5 Å². The number of rotatable bonds is 5. The zero-order valence-corrected chi connectivity index (χ0v) is 17.0. The second-order valence-corrected chi connectivity index (χ2v) is 7.14. The molecule has 0 radical (unpaired) electrons. The van der Waals surface area contributed by atoms with Crippen molar-refractivity contribution in [1.82, 2.24) is 4.90 Å². The number of nitriles is 1. The third-order valence-electron chi connectivity index (χ3n) is 5.19. The summed E-state index contributed by atoms with van der Waals surface area (Å²) >= 11 is 0. The van der Waals surface area contributed by atoms with E-state index in [0.29, 0.717) is 41.2 Å². The average Bonchev–Trinajstić information content (AvgIpc) is 2.82. The second-order valence-electron chi connectivity index (χ2n) is 7.14. The minimum Gasteiger partial charge on any atom is -0.493 e. The predicted octanol–water partition coefficient (Wildman–Crippen LogP) is 3.98. The lowest BCUT2D eigenvalue weighted by Crippen LogP contribution is -2.42. The van der Waals surface area contributed by atoms with Crippen LogP contribution in [0.2, 0.25) is 0 Å². The quantitative estimate of drug-likeness (QED) is 0.592. The summed E-state index contributed by atoms with van der Waals surface area (Å²) in [6.07, 6.45) is 0.510. The van der Waals surface area contributed by atoms with E-state index in [1.54, 1.807) is 24.3 Å². The van der Waals surface area contributed by atoms with Crippen molar-refractivity contribution in [3.05, 3.63) is 94.5 Å². The van der Waals surface area contributed by atoms with Gasteiger partial charge in [-0.15, -0.1) is 0 Å². The normalized spacial score (nSPS) is 12.6. The molecule has 2 amide bonds. The van der Waals surface area contributed by atoms with Gasteiger partial charge in [0.25, 0.3) is 11.8 Å². The maximum absolute atomic E-state index is 13.1. The monoisotopic (exact) mass is 412 g/mol. The van der Waals surface area contributed by atoms with Gasteiger partial charge in [0.2, 0.25) is 0 Å². The summed E-state index contributed by atoms with van der Waals surface area (Å²) in [6, 6.07) is 21.6. The van der Waals surface area contributed by atoms with Crippen LogP contribution in [-0.2, 0) is 13.0 Å². The van der Waals surface area contributed by atoms with Gasteiger partial charge in [-0.1, -0.05) is 36.4 Å². The Balaban J connectivity index is 1.58. The molecule has 0 atom stereocenters. The molecule has 0 aromatic heterocycles. The maximum atomic E-state index is 13.1. The zero-order valence-electron chi connectivity index (χ0n) is 17.0. The highest BCUT2D eigenvalue weighted by molar-refractivity contribution is 6.11. The molecule has 0 aliphatic carbocycles. The molecule has 3 aromatic carbocycles. The van der Waals surface area contributed by atoms with Gasteiger partial charge in [-0.3, -0.25) is 14.5 Å². The number of hydrogen-bond donors (Lipinski definition) is 0. The van der Waals surface area contributed by atoms with Crippen LogP contribution in [0.3, 0.4) is 0 Å². The van der Waals surface area contributed by atoms with Gasteiger partial charge in [-0.25, -0.2) is 0 Å². The van der Waals surface area contributed by atoms with Crippen LogP contribution >= 0.6 is 0 Å². The van der Waals surface area contributed by atoms with E-state index in [-0.39, 0.29) is 12.5 Å². The summed E-state index contributed by atoms with van der Waals surface area (Å²) < 4.78 is 11.4. The Kier molecular flexibility index (Phi) is 5.67. The first kappa shape index (κ1) is 20.2. The maximum Gasteiger partial charge on any atom is 0.261 e. The summed E-state index contributed by atoms with van der Waals surface area (Å²) in [5, 5.41) is 9.07. The van der Waals surface area contributed by atoms with Crippen LogP contribution in [0.1, 0.15) is 37.4 Å². The summed E-state index contributed by atoms with van der Waals surface area (Å²) in [4.78, 5) is 27.2. The number of ether oxygens (including phenoxy) is 2. The third-order valence-corrected chi connectivity index (χ3v) is 5.19. The van der Waals surface area contributed by atoms with E-state index in [1.165, 1.54) is 18.1 Å². The lowest BCUT2D eigenvalue weighted by Gasteiger charge is -2.28. The molecular formula is C25H20N2O4. The van der Waals surface area contributed by atoms with Crippen LogP contribution < -0.4 is 9.47 Å². The molecule has 6 heteroatoms. The SMILES string of the molecule is COc1cc2c(cc1OCc1ccccc1)CCN(C(=O)c1cccc(C#N)c1)C2=O. The van der Waals surface area contributed by atoms with E-state index in [1.807, 2.05) is 42.5 Å². The molecule has 0 bridgehead atoms. The highest BCUT2D eigenvalue weighted by Gasteiger charge is 2.31. The van der Waals surface area contributed by atoms with Gasteiger partial charge in [0.15, 0.2) is 11.5 Å². The topological polar surface area (TPSA) is 79.6 Å². The van der Waals surface area contributed by atoms with E-state index < -0.39 is 5.91 Å². The highest BCUT2D eigenvalue weighted by atomic mass is 16.5. The van der Waals surface area contributed by atoms with Gasteiger partial charge in [0.05, 0.1) is 18.7 Å². The van der Waals surface area contributed by atoms with Crippen molar-refractivity contribution >= 4 is 11.8 Å². The molecule has 3 aromatic rings. The molecule has 31 heavy (non-hydrogen) atoms. The summed E-state index contributed by atoms with van der Waals surface area (Å²) in [5.41, 5.74) is 2.93. The summed E-state index contributed by atoms with van der Waals surface area (Å²) in [6.45, 7) is 0.635. The Morgan fingerprint density at radius 1 is 1.06 bits per heavy atom. The number of fused-ring (bicyclic) bond motifs is 1. The van der Waals surface area contributed by atoms with Crippen LogP contribution in [-0.4, -0.2) is 30.4 Å². The van der Waals surface area contributed by atoms with Crippen LogP contribution in [0.25, 0.3) is 0 Å².